The molecule has 31 heavy (non-hydrogen) atoms. The van der Waals surface area contributed by atoms with Crippen molar-refractivity contribution in [3.8, 4) is 0 Å². The van der Waals surface area contributed by atoms with Crippen molar-refractivity contribution in [1.29, 1.82) is 0 Å². The van der Waals surface area contributed by atoms with Crippen LogP contribution in [0.4, 0.5) is 5.69 Å². The first-order valence-corrected chi connectivity index (χ1v) is 10.3. The monoisotopic (exact) mass is 535 g/mol. The molecule has 1 aliphatic rings. The second-order valence-corrected chi connectivity index (χ2v) is 7.18. The summed E-state index contributed by atoms with van der Waals surface area (Å²) in [5, 5.41) is 9.31. The Morgan fingerprint density at radius 2 is 1.65 bits per heavy atom. The van der Waals surface area contributed by atoms with Gasteiger partial charge in [0.05, 0.1) is 0 Å². The van der Waals surface area contributed by atoms with Crippen molar-refractivity contribution in [3.63, 3.8) is 0 Å². The molecule has 1 aliphatic heterocycles. The number of carbonyl (C=O) groups excluding carboxylic acids is 2. The number of hydrogen-bond acceptors (Lipinski definition) is 3. The van der Waals surface area contributed by atoms with E-state index < -0.39 is 0 Å². The smallest absolute Gasteiger partial charge is 0.227 e. The van der Waals surface area contributed by atoms with Crippen molar-refractivity contribution >= 4 is 47.4 Å². The third-order valence-electron chi connectivity index (χ3n) is 4.98. The van der Waals surface area contributed by atoms with E-state index >= 15 is 0 Å². The largest absolute Gasteiger partial charge is 0.356 e. The number of hydrogen-bond donors (Lipinski definition) is 3. The number of aliphatic imine (C=N–C) groups is 1. The zero-order chi connectivity index (χ0) is 21.2. The highest BCUT2D eigenvalue weighted by atomic mass is 127. The zero-order valence-electron chi connectivity index (χ0n) is 17.8. The van der Waals surface area contributed by atoms with Gasteiger partial charge in [-0.25, -0.2) is 0 Å². The Morgan fingerprint density at radius 3 is 2.29 bits per heavy atom. The van der Waals surface area contributed by atoms with Crippen LogP contribution in [0, 0.1) is 0 Å². The van der Waals surface area contributed by atoms with Crippen molar-refractivity contribution in [2.45, 2.75) is 32.4 Å². The number of rotatable bonds is 8. The summed E-state index contributed by atoms with van der Waals surface area (Å²) in [6.07, 6.45) is 1.93. The van der Waals surface area contributed by atoms with Gasteiger partial charge in [-0.2, -0.15) is 0 Å². The summed E-state index contributed by atoms with van der Waals surface area (Å²) in [6.45, 7) is 2.43. The third-order valence-corrected chi connectivity index (χ3v) is 4.98. The predicted octanol–water partition coefficient (Wildman–Crippen LogP) is 2.80. The van der Waals surface area contributed by atoms with E-state index in [1.54, 1.807) is 7.05 Å². The lowest BCUT2D eigenvalue weighted by molar-refractivity contribution is -0.121. The molecule has 0 saturated carbocycles. The second-order valence-electron chi connectivity index (χ2n) is 7.18. The van der Waals surface area contributed by atoms with E-state index in [9.17, 15) is 9.59 Å². The van der Waals surface area contributed by atoms with E-state index in [4.69, 9.17) is 0 Å². The summed E-state index contributed by atoms with van der Waals surface area (Å²) in [5.41, 5.74) is 3.12. The van der Waals surface area contributed by atoms with Crippen molar-refractivity contribution in [3.05, 3.63) is 65.7 Å². The van der Waals surface area contributed by atoms with Gasteiger partial charge in [-0.05, 0) is 29.7 Å². The highest BCUT2D eigenvalue weighted by Gasteiger charge is 2.21. The van der Waals surface area contributed by atoms with Gasteiger partial charge >= 0.3 is 0 Å². The molecular weight excluding hydrogens is 505 g/mol. The molecule has 0 radical (unpaired) electrons. The van der Waals surface area contributed by atoms with Gasteiger partial charge in [-0.3, -0.25) is 14.6 Å². The highest BCUT2D eigenvalue weighted by Crippen LogP contribution is 2.21. The summed E-state index contributed by atoms with van der Waals surface area (Å²) in [7, 11) is 1.70. The maximum absolute atomic E-state index is 12.0. The molecule has 1 saturated heterocycles. The maximum Gasteiger partial charge on any atom is 0.227 e. The van der Waals surface area contributed by atoms with Crippen molar-refractivity contribution in [1.82, 2.24) is 16.0 Å². The molecule has 2 aromatic carbocycles. The first-order chi connectivity index (χ1) is 14.7. The fourth-order valence-corrected chi connectivity index (χ4v) is 3.30. The number of amides is 2. The molecule has 0 aromatic heterocycles. The van der Waals surface area contributed by atoms with Gasteiger partial charge in [-0.15, -0.1) is 24.0 Å². The van der Waals surface area contributed by atoms with Crippen LogP contribution in [0.2, 0.25) is 0 Å². The highest BCUT2D eigenvalue weighted by molar-refractivity contribution is 14.0. The number of guanidine groups is 1. The molecule has 0 unspecified atom stereocenters. The van der Waals surface area contributed by atoms with Gasteiger partial charge < -0.3 is 20.9 Å². The van der Waals surface area contributed by atoms with E-state index in [-0.39, 0.29) is 35.8 Å². The van der Waals surface area contributed by atoms with Gasteiger partial charge in [0, 0.05) is 51.8 Å². The minimum absolute atomic E-state index is 0. The van der Waals surface area contributed by atoms with E-state index in [1.165, 1.54) is 0 Å². The van der Waals surface area contributed by atoms with Gasteiger partial charge in [-0.1, -0.05) is 42.5 Å². The Labute approximate surface area is 200 Å². The summed E-state index contributed by atoms with van der Waals surface area (Å²) in [6, 6.07) is 17.8. The van der Waals surface area contributed by atoms with Gasteiger partial charge in [0.15, 0.2) is 5.96 Å². The van der Waals surface area contributed by atoms with Crippen LogP contribution in [0.5, 0.6) is 0 Å². The standard InChI is InChI=1S/C23H29N5O2.HI/c1-24-23(25-14-13-21(29)26-16-18-6-3-2-4-7-18)27-17-19-9-11-20(12-10-19)28-15-5-8-22(28)30;/h2-4,6-7,9-12H,5,8,13-17H2,1H3,(H,26,29)(H2,24,25,27);1H. The molecule has 8 heteroatoms. The Hall–Kier alpha value is -2.62. The molecule has 0 aliphatic carbocycles. The summed E-state index contributed by atoms with van der Waals surface area (Å²) < 4.78 is 0. The number of anilines is 1. The van der Waals surface area contributed by atoms with Crippen LogP contribution >= 0.6 is 24.0 Å². The quantitative estimate of drug-likeness (QED) is 0.276. The normalized spacial score (nSPS) is 13.5. The van der Waals surface area contributed by atoms with Crippen LogP contribution in [-0.2, 0) is 22.7 Å². The molecular formula is C23H30IN5O2. The zero-order valence-corrected chi connectivity index (χ0v) is 20.1. The Morgan fingerprint density at radius 1 is 0.968 bits per heavy atom. The van der Waals surface area contributed by atoms with Crippen molar-refractivity contribution in [2.24, 2.45) is 4.99 Å². The van der Waals surface area contributed by atoms with Crippen LogP contribution < -0.4 is 20.9 Å². The first kappa shape index (κ1) is 24.6. The van der Waals surface area contributed by atoms with E-state index in [0.717, 1.165) is 29.8 Å². The molecule has 0 bridgehead atoms. The lowest BCUT2D eigenvalue weighted by Crippen LogP contribution is -2.38. The van der Waals surface area contributed by atoms with Crippen LogP contribution in [0.1, 0.15) is 30.4 Å². The fraction of sp³-hybridized carbons (Fsp3) is 0.348. The lowest BCUT2D eigenvalue weighted by atomic mass is 10.2. The van der Waals surface area contributed by atoms with Crippen molar-refractivity contribution in [2.75, 3.05) is 25.0 Å². The van der Waals surface area contributed by atoms with Gasteiger partial charge in [0.25, 0.3) is 0 Å². The molecule has 7 nitrogen and oxygen atoms in total. The van der Waals surface area contributed by atoms with Crippen LogP contribution in [0.25, 0.3) is 0 Å². The molecule has 2 aromatic rings. The van der Waals surface area contributed by atoms with E-state index in [1.807, 2.05) is 59.5 Å². The molecule has 2 amide bonds. The lowest BCUT2D eigenvalue weighted by Gasteiger charge is -2.16. The summed E-state index contributed by atoms with van der Waals surface area (Å²) in [5.74, 6) is 0.830. The summed E-state index contributed by atoms with van der Waals surface area (Å²) in [4.78, 5) is 29.9. The maximum atomic E-state index is 12.0. The van der Waals surface area contributed by atoms with Gasteiger partial charge in [0.1, 0.15) is 0 Å². The Bertz CT molecular complexity index is 871. The fourth-order valence-electron chi connectivity index (χ4n) is 3.30. The average Bonchev–Trinajstić information content (AvgIpc) is 3.21. The molecule has 1 heterocycles. The van der Waals surface area contributed by atoms with Crippen LogP contribution in [0.3, 0.4) is 0 Å². The Balaban J connectivity index is 0.00000341. The first-order valence-electron chi connectivity index (χ1n) is 10.3. The van der Waals surface area contributed by atoms with Crippen LogP contribution in [0.15, 0.2) is 59.6 Å². The van der Waals surface area contributed by atoms with E-state index in [0.29, 0.717) is 38.4 Å². The predicted molar refractivity (Wildman–Crippen MR) is 135 cm³/mol. The van der Waals surface area contributed by atoms with Gasteiger partial charge in [0.2, 0.25) is 11.8 Å². The molecule has 3 N–H and O–H groups in total. The minimum atomic E-state index is -0.00569. The SMILES string of the molecule is CN=C(NCCC(=O)NCc1ccccc1)NCc1ccc(N2CCCC2=O)cc1.I. The number of halogens is 1. The number of carbonyl (C=O) groups is 2. The van der Waals surface area contributed by atoms with Crippen LogP contribution in [-0.4, -0.2) is 37.9 Å². The van der Waals surface area contributed by atoms with E-state index in [2.05, 4.69) is 20.9 Å². The third kappa shape index (κ3) is 7.86. The minimum Gasteiger partial charge on any atom is -0.356 e. The average molecular weight is 535 g/mol. The number of nitrogens with one attached hydrogen (secondary N) is 3. The summed E-state index contributed by atoms with van der Waals surface area (Å²) >= 11 is 0. The molecule has 1 fully saturated rings. The number of nitrogens with zero attached hydrogens (tertiary/aromatic N) is 2. The topological polar surface area (TPSA) is 85.8 Å². The van der Waals surface area contributed by atoms with Crippen molar-refractivity contribution < 1.29 is 9.59 Å². The molecule has 0 spiro atoms. The molecule has 3 rings (SSSR count). The molecule has 0 atom stereocenters. The molecule has 166 valence electrons. The second kappa shape index (κ2) is 12.9. The Kier molecular flexibility index (Phi) is 10.3. The number of benzene rings is 2.